The van der Waals surface area contributed by atoms with E-state index in [1.165, 1.54) is 0 Å². The number of carboxylic acid groups (broad SMARTS) is 1. The summed E-state index contributed by atoms with van der Waals surface area (Å²) in [5, 5.41) is 15.8. The fourth-order valence-electron chi connectivity index (χ4n) is 2.42. The van der Waals surface area contributed by atoms with Gasteiger partial charge in [-0.05, 0) is 24.6 Å². The molecule has 1 aromatic rings. The molecule has 1 fully saturated rings. The van der Waals surface area contributed by atoms with Crippen molar-refractivity contribution in [3.8, 4) is 0 Å². The lowest BCUT2D eigenvalue weighted by Crippen LogP contribution is -2.52. The zero-order valence-electron chi connectivity index (χ0n) is 12.4. The van der Waals surface area contributed by atoms with Gasteiger partial charge in [0.1, 0.15) is 6.04 Å². The first-order valence-electron chi connectivity index (χ1n) is 7.21. The number of nitrogens with one attached hydrogen (secondary N) is 2. The lowest BCUT2D eigenvalue weighted by Gasteiger charge is -2.32. The van der Waals surface area contributed by atoms with Crippen molar-refractivity contribution >= 4 is 29.2 Å². The van der Waals surface area contributed by atoms with Crippen LogP contribution >= 0.6 is 11.6 Å². The van der Waals surface area contributed by atoms with Crippen LogP contribution in [0.3, 0.4) is 0 Å². The maximum Gasteiger partial charge on any atom is 0.321 e. The summed E-state index contributed by atoms with van der Waals surface area (Å²) in [6.45, 7) is 4.60. The molecule has 7 heteroatoms. The number of rotatable bonds is 5. The molecule has 0 saturated carbocycles. The minimum absolute atomic E-state index is 0.0825. The van der Waals surface area contributed by atoms with E-state index in [1.54, 1.807) is 12.1 Å². The summed E-state index contributed by atoms with van der Waals surface area (Å²) < 4.78 is 0. The number of hydrogen-bond acceptors (Lipinski definition) is 4. The number of benzene rings is 1. The molecule has 120 valence electrons. The number of aliphatic carboxylic acids is 1. The number of carbonyl (C=O) groups is 2. The summed E-state index contributed by atoms with van der Waals surface area (Å²) in [6.07, 6.45) is -0.0825. The number of amides is 1. The number of anilines is 1. The van der Waals surface area contributed by atoms with Crippen LogP contribution in [0, 0.1) is 6.92 Å². The molecule has 6 nitrogen and oxygen atoms in total. The van der Waals surface area contributed by atoms with E-state index in [1.807, 2.05) is 17.9 Å². The summed E-state index contributed by atoms with van der Waals surface area (Å²) in [6, 6.07) is 4.42. The second-order valence-corrected chi connectivity index (χ2v) is 5.76. The van der Waals surface area contributed by atoms with Crippen molar-refractivity contribution in [2.75, 3.05) is 31.5 Å². The first-order chi connectivity index (χ1) is 10.5. The zero-order valence-corrected chi connectivity index (χ0v) is 13.2. The van der Waals surface area contributed by atoms with Gasteiger partial charge in [-0.15, -0.1) is 0 Å². The Hall–Kier alpha value is -1.63. The van der Waals surface area contributed by atoms with Crippen molar-refractivity contribution in [1.29, 1.82) is 0 Å². The third-order valence-corrected chi connectivity index (χ3v) is 4.12. The smallest absolute Gasteiger partial charge is 0.321 e. The Bertz CT molecular complexity index is 559. The van der Waals surface area contributed by atoms with E-state index in [9.17, 15) is 14.7 Å². The molecule has 0 aliphatic carbocycles. The molecule has 22 heavy (non-hydrogen) atoms. The number of carbonyl (C=O) groups excluding carboxylic acids is 1. The highest BCUT2D eigenvalue weighted by Gasteiger charge is 2.29. The molecule has 0 aromatic heterocycles. The number of halogens is 1. The third kappa shape index (κ3) is 4.43. The summed E-state index contributed by atoms with van der Waals surface area (Å²) in [7, 11) is 0. The molecule has 1 aromatic carbocycles. The Kier molecular flexibility index (Phi) is 5.76. The van der Waals surface area contributed by atoms with Crippen molar-refractivity contribution < 1.29 is 14.7 Å². The zero-order chi connectivity index (χ0) is 16.1. The molecule has 0 radical (unpaired) electrons. The number of nitrogens with zero attached hydrogens (tertiary/aromatic N) is 1. The van der Waals surface area contributed by atoms with Crippen LogP contribution in [0.1, 0.15) is 12.0 Å². The summed E-state index contributed by atoms with van der Waals surface area (Å²) >= 11 is 6.01. The molecule has 1 amide bonds. The molecule has 0 bridgehead atoms. The van der Waals surface area contributed by atoms with Gasteiger partial charge in [-0.1, -0.05) is 17.7 Å². The molecule has 3 N–H and O–H groups in total. The van der Waals surface area contributed by atoms with Crippen molar-refractivity contribution in [3.63, 3.8) is 0 Å². The van der Waals surface area contributed by atoms with E-state index in [0.717, 1.165) is 18.7 Å². The highest BCUT2D eigenvalue weighted by molar-refractivity contribution is 6.31. The van der Waals surface area contributed by atoms with E-state index in [-0.39, 0.29) is 12.3 Å². The van der Waals surface area contributed by atoms with E-state index in [0.29, 0.717) is 23.8 Å². The first-order valence-corrected chi connectivity index (χ1v) is 7.59. The van der Waals surface area contributed by atoms with Gasteiger partial charge in [0.2, 0.25) is 5.91 Å². The van der Waals surface area contributed by atoms with Gasteiger partial charge in [-0.25, -0.2) is 0 Å². The monoisotopic (exact) mass is 325 g/mol. The number of aryl methyl sites for hydroxylation is 1. The Morgan fingerprint density at radius 2 is 2.09 bits per heavy atom. The maximum atomic E-state index is 12.1. The summed E-state index contributed by atoms with van der Waals surface area (Å²) in [5.41, 5.74) is 1.49. The minimum atomic E-state index is -0.973. The third-order valence-electron chi connectivity index (χ3n) is 3.71. The largest absolute Gasteiger partial charge is 0.480 e. The van der Waals surface area contributed by atoms with Crippen LogP contribution in [0.15, 0.2) is 18.2 Å². The highest BCUT2D eigenvalue weighted by Crippen LogP contribution is 2.20. The fraction of sp³-hybridized carbons (Fsp3) is 0.467. The number of carboxylic acids is 1. The average molecular weight is 326 g/mol. The van der Waals surface area contributed by atoms with Crippen molar-refractivity contribution in [1.82, 2.24) is 10.2 Å². The normalized spacial score (nSPS) is 17.0. The molecule has 2 rings (SSSR count). The fourth-order valence-corrected chi connectivity index (χ4v) is 2.61. The lowest BCUT2D eigenvalue weighted by molar-refractivity contribution is -0.145. The molecular weight excluding hydrogens is 306 g/mol. The Morgan fingerprint density at radius 3 is 2.68 bits per heavy atom. The molecule has 1 heterocycles. The number of hydrogen-bond donors (Lipinski definition) is 3. The number of piperazine rings is 1. The predicted molar refractivity (Wildman–Crippen MR) is 85.3 cm³/mol. The van der Waals surface area contributed by atoms with Crippen LogP contribution in [0.4, 0.5) is 5.69 Å². The molecule has 1 aliphatic rings. The molecule has 0 unspecified atom stereocenters. The van der Waals surface area contributed by atoms with E-state index in [2.05, 4.69) is 10.6 Å². The Balaban J connectivity index is 1.98. The van der Waals surface area contributed by atoms with Crippen LogP contribution in [-0.4, -0.2) is 54.1 Å². The van der Waals surface area contributed by atoms with Crippen LogP contribution < -0.4 is 10.6 Å². The Morgan fingerprint density at radius 1 is 1.41 bits per heavy atom. The van der Waals surface area contributed by atoms with Gasteiger partial charge >= 0.3 is 5.97 Å². The van der Waals surface area contributed by atoms with Gasteiger partial charge < -0.3 is 15.7 Å². The topological polar surface area (TPSA) is 81.7 Å². The van der Waals surface area contributed by atoms with Gasteiger partial charge in [0.15, 0.2) is 0 Å². The van der Waals surface area contributed by atoms with Crippen LogP contribution in [0.2, 0.25) is 5.02 Å². The van der Waals surface area contributed by atoms with Gasteiger partial charge in [0.05, 0.1) is 6.42 Å². The highest BCUT2D eigenvalue weighted by atomic mass is 35.5. The van der Waals surface area contributed by atoms with Gasteiger partial charge in [0, 0.05) is 36.9 Å². The predicted octanol–water partition coefficient (Wildman–Crippen LogP) is 1.34. The van der Waals surface area contributed by atoms with Gasteiger partial charge in [-0.3, -0.25) is 14.5 Å². The van der Waals surface area contributed by atoms with Crippen molar-refractivity contribution in [2.45, 2.75) is 19.4 Å². The van der Waals surface area contributed by atoms with E-state index in [4.69, 9.17) is 11.6 Å². The van der Waals surface area contributed by atoms with Crippen LogP contribution in [-0.2, 0) is 9.59 Å². The summed E-state index contributed by atoms with van der Waals surface area (Å²) in [4.78, 5) is 25.3. The molecule has 0 spiro atoms. The van der Waals surface area contributed by atoms with E-state index < -0.39 is 12.0 Å². The lowest BCUT2D eigenvalue weighted by atomic mass is 10.1. The standard InChI is InChI=1S/C15H20ClN3O3/c1-10-2-3-11(8-12(10)16)18-14(20)9-13(15(21)22)19-6-4-17-5-7-19/h2-3,8,13,17H,4-7,9H2,1H3,(H,18,20)(H,21,22)/t13-/m1/s1. The quantitative estimate of drug-likeness (QED) is 0.761. The average Bonchev–Trinajstić information content (AvgIpc) is 2.49. The molecule has 1 aliphatic heterocycles. The van der Waals surface area contributed by atoms with Gasteiger partial charge in [0.25, 0.3) is 0 Å². The van der Waals surface area contributed by atoms with Crippen LogP contribution in [0.25, 0.3) is 0 Å². The van der Waals surface area contributed by atoms with Gasteiger partial charge in [-0.2, -0.15) is 0 Å². The SMILES string of the molecule is Cc1ccc(NC(=O)C[C@H](C(=O)O)N2CCNCC2)cc1Cl. The second kappa shape index (κ2) is 7.58. The second-order valence-electron chi connectivity index (χ2n) is 5.36. The molecule has 1 saturated heterocycles. The molecular formula is C15H20ClN3O3. The minimum Gasteiger partial charge on any atom is -0.480 e. The van der Waals surface area contributed by atoms with Crippen LogP contribution in [0.5, 0.6) is 0 Å². The van der Waals surface area contributed by atoms with E-state index >= 15 is 0 Å². The summed E-state index contributed by atoms with van der Waals surface area (Å²) in [5.74, 6) is -1.30. The molecule has 1 atom stereocenters. The maximum absolute atomic E-state index is 12.1. The van der Waals surface area contributed by atoms with Crippen molar-refractivity contribution in [2.24, 2.45) is 0 Å². The first kappa shape index (κ1) is 16.7. The van der Waals surface area contributed by atoms with Crippen molar-refractivity contribution in [3.05, 3.63) is 28.8 Å². The Labute approximate surface area is 134 Å².